The van der Waals surface area contributed by atoms with Crippen LogP contribution in [0.5, 0.6) is 0 Å². The van der Waals surface area contributed by atoms with Gasteiger partial charge in [-0.05, 0) is 70.3 Å². The van der Waals surface area contributed by atoms with E-state index in [2.05, 4.69) is 42.9 Å². The Labute approximate surface area is 161 Å². The number of amidine groups is 1. The first kappa shape index (κ1) is 16.2. The first-order valence-corrected chi connectivity index (χ1v) is 9.33. The van der Waals surface area contributed by atoms with Crippen molar-refractivity contribution in [1.29, 1.82) is 0 Å². The molecule has 4 rings (SSSR count). The maximum absolute atomic E-state index is 12.2. The number of benzene rings is 2. The van der Waals surface area contributed by atoms with Crippen molar-refractivity contribution in [2.45, 2.75) is 0 Å². The normalized spacial score (nSPS) is 17.4. The molecule has 1 amide bonds. The Kier molecular flexibility index (Phi) is 4.50. The lowest BCUT2D eigenvalue weighted by Gasteiger charge is -1.99. The summed E-state index contributed by atoms with van der Waals surface area (Å²) in [4.78, 5) is 25.9. The van der Waals surface area contributed by atoms with E-state index in [1.807, 2.05) is 48.5 Å². The number of nitrogens with one attached hydrogen (secondary N) is 1. The fourth-order valence-electron chi connectivity index (χ4n) is 2.35. The van der Waals surface area contributed by atoms with Crippen molar-refractivity contribution in [3.8, 4) is 0 Å². The van der Waals surface area contributed by atoms with Gasteiger partial charge in [0.25, 0.3) is 5.91 Å². The maximum Gasteiger partial charge on any atom is 0.264 e. The summed E-state index contributed by atoms with van der Waals surface area (Å²) in [5, 5.41) is 3.40. The molecule has 0 bridgehead atoms. The zero-order chi connectivity index (χ0) is 17.2. The molecule has 122 valence electrons. The number of thioether (sulfide) groups is 1. The van der Waals surface area contributed by atoms with Gasteiger partial charge in [-0.2, -0.15) is 0 Å². The molecule has 1 aliphatic rings. The van der Waals surface area contributed by atoms with Gasteiger partial charge in [0.15, 0.2) is 5.17 Å². The van der Waals surface area contributed by atoms with Crippen LogP contribution in [0.25, 0.3) is 17.1 Å². The molecule has 0 spiro atoms. The van der Waals surface area contributed by atoms with Crippen LogP contribution >= 0.6 is 34.4 Å². The van der Waals surface area contributed by atoms with Crippen LogP contribution in [0.1, 0.15) is 5.56 Å². The van der Waals surface area contributed by atoms with Crippen molar-refractivity contribution >= 4 is 68.2 Å². The molecule has 1 aromatic heterocycles. The zero-order valence-corrected chi connectivity index (χ0v) is 15.8. The minimum Gasteiger partial charge on any atom is -0.300 e. The summed E-state index contributed by atoms with van der Waals surface area (Å²) in [5.41, 5.74) is 3.37. The van der Waals surface area contributed by atoms with Gasteiger partial charge in [0.05, 0.1) is 21.6 Å². The van der Waals surface area contributed by atoms with Gasteiger partial charge in [-0.15, -0.1) is 0 Å². The van der Waals surface area contributed by atoms with Crippen LogP contribution in [-0.2, 0) is 4.79 Å². The molecule has 2 heterocycles. The number of aromatic nitrogens is 2. The topological polar surface area (TPSA) is 67.2 Å². The number of halogens is 1. The van der Waals surface area contributed by atoms with Gasteiger partial charge in [0, 0.05) is 16.0 Å². The Bertz CT molecular complexity index is 1050. The predicted octanol–water partition coefficient (Wildman–Crippen LogP) is 4.13. The number of rotatable bonds is 2. The molecule has 7 heteroatoms. The van der Waals surface area contributed by atoms with E-state index >= 15 is 0 Å². The summed E-state index contributed by atoms with van der Waals surface area (Å²) in [7, 11) is 0. The molecule has 0 saturated carbocycles. The summed E-state index contributed by atoms with van der Waals surface area (Å²) in [6.07, 6.45) is 5.16. The largest absolute Gasteiger partial charge is 0.300 e. The van der Waals surface area contributed by atoms with Gasteiger partial charge in [-0.25, -0.2) is 4.99 Å². The first-order valence-electron chi connectivity index (χ1n) is 7.44. The molecule has 1 N–H and O–H groups in total. The number of nitrogens with zero attached hydrogens (tertiary/aromatic N) is 3. The minimum absolute atomic E-state index is 0.145. The Balaban J connectivity index is 1.63. The molecule has 1 fully saturated rings. The molecular formula is C18H11IN4OS. The van der Waals surface area contributed by atoms with Crippen molar-refractivity contribution in [3.05, 3.63) is 68.9 Å². The summed E-state index contributed by atoms with van der Waals surface area (Å²) in [6.45, 7) is 0. The van der Waals surface area contributed by atoms with Crippen LogP contribution in [0.3, 0.4) is 0 Å². The SMILES string of the molecule is O=C1N/C(=N/c2ccccc2I)S/C1=C\c1ccc2nccnc2c1. The number of carbonyl (C=O) groups excluding carboxylic acids is 1. The summed E-state index contributed by atoms with van der Waals surface area (Å²) < 4.78 is 1.04. The Hall–Kier alpha value is -2.26. The van der Waals surface area contributed by atoms with Crippen LogP contribution in [0, 0.1) is 3.57 Å². The van der Waals surface area contributed by atoms with E-state index in [1.165, 1.54) is 11.8 Å². The Morgan fingerprint density at radius 2 is 1.88 bits per heavy atom. The van der Waals surface area contributed by atoms with E-state index < -0.39 is 0 Å². The van der Waals surface area contributed by atoms with E-state index in [0.717, 1.165) is 25.9 Å². The van der Waals surface area contributed by atoms with Crippen LogP contribution in [0.15, 0.2) is 64.8 Å². The highest BCUT2D eigenvalue weighted by molar-refractivity contribution is 14.1. The molecule has 0 aliphatic carbocycles. The average Bonchev–Trinajstić information content (AvgIpc) is 2.96. The highest BCUT2D eigenvalue weighted by atomic mass is 127. The first-order chi connectivity index (χ1) is 12.2. The molecule has 1 aliphatic heterocycles. The van der Waals surface area contributed by atoms with Crippen molar-refractivity contribution in [2.75, 3.05) is 0 Å². The molecule has 2 aromatic carbocycles. The van der Waals surface area contributed by atoms with Crippen LogP contribution in [0.4, 0.5) is 5.69 Å². The van der Waals surface area contributed by atoms with Gasteiger partial charge < -0.3 is 5.32 Å². The molecule has 0 atom stereocenters. The summed E-state index contributed by atoms with van der Waals surface area (Å²) in [5.74, 6) is -0.145. The van der Waals surface area contributed by atoms with Crippen LogP contribution in [0.2, 0.25) is 0 Å². The lowest BCUT2D eigenvalue weighted by molar-refractivity contribution is -0.115. The molecule has 5 nitrogen and oxygen atoms in total. The number of hydrogen-bond acceptors (Lipinski definition) is 5. The summed E-state index contributed by atoms with van der Waals surface area (Å²) in [6, 6.07) is 13.5. The Morgan fingerprint density at radius 1 is 1.08 bits per heavy atom. The third-order valence-corrected chi connectivity index (χ3v) is 5.34. The fourth-order valence-corrected chi connectivity index (χ4v) is 3.70. The van der Waals surface area contributed by atoms with Crippen molar-refractivity contribution < 1.29 is 4.79 Å². The second kappa shape index (κ2) is 6.93. The second-order valence-electron chi connectivity index (χ2n) is 5.24. The number of hydrogen-bond donors (Lipinski definition) is 1. The third kappa shape index (κ3) is 3.57. The van der Waals surface area contributed by atoms with E-state index in [9.17, 15) is 4.79 Å². The highest BCUT2D eigenvalue weighted by Gasteiger charge is 2.24. The highest BCUT2D eigenvalue weighted by Crippen LogP contribution is 2.29. The lowest BCUT2D eigenvalue weighted by atomic mass is 10.2. The molecular weight excluding hydrogens is 447 g/mol. The van der Waals surface area contributed by atoms with Gasteiger partial charge in [-0.3, -0.25) is 14.8 Å². The fraction of sp³-hybridized carbons (Fsp3) is 0. The average molecular weight is 458 g/mol. The van der Waals surface area contributed by atoms with E-state index in [4.69, 9.17) is 0 Å². The monoisotopic (exact) mass is 458 g/mol. The van der Waals surface area contributed by atoms with Crippen LogP contribution < -0.4 is 5.32 Å². The number of carbonyl (C=O) groups is 1. The smallest absolute Gasteiger partial charge is 0.264 e. The number of para-hydroxylation sites is 1. The second-order valence-corrected chi connectivity index (χ2v) is 7.43. The van der Waals surface area contributed by atoms with Crippen LogP contribution in [-0.4, -0.2) is 21.0 Å². The molecule has 1 saturated heterocycles. The van der Waals surface area contributed by atoms with E-state index in [0.29, 0.717) is 10.1 Å². The van der Waals surface area contributed by atoms with E-state index in [-0.39, 0.29) is 5.91 Å². The van der Waals surface area contributed by atoms with E-state index in [1.54, 1.807) is 12.4 Å². The van der Waals surface area contributed by atoms with Gasteiger partial charge in [0.2, 0.25) is 0 Å². The molecule has 3 aromatic rings. The van der Waals surface area contributed by atoms with Crippen molar-refractivity contribution in [2.24, 2.45) is 4.99 Å². The number of amides is 1. The number of aliphatic imine (C=N–C) groups is 1. The molecule has 25 heavy (non-hydrogen) atoms. The molecule has 0 radical (unpaired) electrons. The van der Waals surface area contributed by atoms with Crippen molar-refractivity contribution in [1.82, 2.24) is 15.3 Å². The van der Waals surface area contributed by atoms with Crippen molar-refractivity contribution in [3.63, 3.8) is 0 Å². The molecule has 0 unspecified atom stereocenters. The lowest BCUT2D eigenvalue weighted by Crippen LogP contribution is -2.19. The quantitative estimate of drug-likeness (QED) is 0.464. The van der Waals surface area contributed by atoms with Gasteiger partial charge >= 0.3 is 0 Å². The van der Waals surface area contributed by atoms with Gasteiger partial charge in [0.1, 0.15) is 0 Å². The van der Waals surface area contributed by atoms with Gasteiger partial charge in [-0.1, -0.05) is 18.2 Å². The standard InChI is InChI=1S/C18H11IN4OS/c19-12-3-1-2-4-13(12)22-18-23-17(24)16(25-18)10-11-5-6-14-15(9-11)21-8-7-20-14/h1-10H,(H,22,23,24)/b16-10-. The zero-order valence-electron chi connectivity index (χ0n) is 12.8. The minimum atomic E-state index is -0.145. The Morgan fingerprint density at radius 3 is 2.72 bits per heavy atom. The maximum atomic E-state index is 12.2. The number of fused-ring (bicyclic) bond motifs is 1. The third-order valence-electron chi connectivity index (χ3n) is 3.52. The summed E-state index contributed by atoms with van der Waals surface area (Å²) >= 11 is 3.56. The predicted molar refractivity (Wildman–Crippen MR) is 110 cm³/mol.